The summed E-state index contributed by atoms with van der Waals surface area (Å²) in [4.78, 5) is 42.5. The molecule has 0 aliphatic carbocycles. The van der Waals surface area contributed by atoms with Crippen LogP contribution in [0.25, 0.3) is 11.0 Å². The molecule has 0 spiro atoms. The Kier molecular flexibility index (Phi) is 8.43. The van der Waals surface area contributed by atoms with E-state index >= 15 is 0 Å². The molecular weight excluding hydrogens is 447 g/mol. The molecule has 7 heteroatoms. The zero-order valence-corrected chi connectivity index (χ0v) is 20.8. The van der Waals surface area contributed by atoms with Crippen molar-refractivity contribution in [1.29, 1.82) is 0 Å². The third-order valence-electron chi connectivity index (χ3n) is 5.61. The number of fused-ring (bicyclic) bond motifs is 1. The van der Waals surface area contributed by atoms with Crippen molar-refractivity contribution in [2.45, 2.75) is 53.6 Å². The average molecular weight is 481 g/mol. The largest absolute Gasteiger partial charge is 0.464 e. The van der Waals surface area contributed by atoms with Gasteiger partial charge in [0.05, 0.1) is 30.3 Å². The number of carbonyl (C=O) groups is 2. The van der Waals surface area contributed by atoms with Crippen LogP contribution in [-0.2, 0) is 22.7 Å². The van der Waals surface area contributed by atoms with Gasteiger partial charge in [0.15, 0.2) is 5.43 Å². The van der Waals surface area contributed by atoms with Crippen molar-refractivity contribution in [1.82, 2.24) is 9.80 Å². The monoisotopic (exact) mass is 480 g/mol. The van der Waals surface area contributed by atoms with Crippen LogP contribution in [0, 0.1) is 11.2 Å². The third-order valence-corrected chi connectivity index (χ3v) is 5.61. The molecule has 0 aliphatic rings. The highest BCUT2D eigenvalue weighted by molar-refractivity contribution is 5.85. The first-order valence-corrected chi connectivity index (χ1v) is 11.9. The van der Waals surface area contributed by atoms with Crippen molar-refractivity contribution >= 4 is 22.8 Å². The van der Waals surface area contributed by atoms with E-state index < -0.39 is 0 Å². The summed E-state index contributed by atoms with van der Waals surface area (Å²) in [6.45, 7) is 8.45. The fourth-order valence-electron chi connectivity index (χ4n) is 3.87. The highest BCUT2D eigenvalue weighted by Gasteiger charge is 2.25. The van der Waals surface area contributed by atoms with Gasteiger partial charge >= 0.3 is 0 Å². The minimum absolute atomic E-state index is 0.0107. The summed E-state index contributed by atoms with van der Waals surface area (Å²) in [5, 5.41) is 0.437. The highest BCUT2D eigenvalue weighted by Crippen LogP contribution is 2.20. The summed E-state index contributed by atoms with van der Waals surface area (Å²) >= 11 is 0. The number of carbonyl (C=O) groups excluding carboxylic acids is 2. The second-order valence-electron chi connectivity index (χ2n) is 10.0. The quantitative estimate of drug-likeness (QED) is 0.425. The first-order valence-electron chi connectivity index (χ1n) is 11.9. The molecule has 0 fully saturated rings. The molecule has 0 N–H and O–H groups in total. The molecule has 0 saturated heterocycles. The van der Waals surface area contributed by atoms with E-state index in [2.05, 4.69) is 0 Å². The summed E-state index contributed by atoms with van der Waals surface area (Å²) in [5.41, 5.74) is 1.11. The standard InChI is InChI=1S/C28H33FN2O4/c1-5-14-30(25(32)15-28(2,3)4)18-26(33)31(16-20-10-12-22(29)13-11-20)17-21-19-35-24-9-7-6-8-23(24)27(21)34/h6-13,19H,5,14-18H2,1-4H3. The summed E-state index contributed by atoms with van der Waals surface area (Å²) in [6.07, 6.45) is 2.42. The minimum atomic E-state index is -0.372. The van der Waals surface area contributed by atoms with Crippen molar-refractivity contribution in [2.75, 3.05) is 13.1 Å². The predicted molar refractivity (Wildman–Crippen MR) is 134 cm³/mol. The Morgan fingerprint density at radius 2 is 1.63 bits per heavy atom. The Morgan fingerprint density at radius 3 is 2.29 bits per heavy atom. The number of halogens is 1. The fraction of sp³-hybridized carbons (Fsp3) is 0.393. The maximum absolute atomic E-state index is 13.5. The van der Waals surface area contributed by atoms with Crippen LogP contribution in [0.4, 0.5) is 4.39 Å². The van der Waals surface area contributed by atoms with Crippen LogP contribution in [0.5, 0.6) is 0 Å². The molecule has 0 aliphatic heterocycles. The van der Waals surface area contributed by atoms with E-state index in [1.165, 1.54) is 23.3 Å². The molecule has 2 amide bonds. The van der Waals surface area contributed by atoms with E-state index in [1.54, 1.807) is 41.3 Å². The molecule has 0 radical (unpaired) electrons. The van der Waals surface area contributed by atoms with E-state index in [9.17, 15) is 18.8 Å². The van der Waals surface area contributed by atoms with Crippen LogP contribution in [0.1, 0.15) is 51.7 Å². The van der Waals surface area contributed by atoms with Crippen LogP contribution in [-0.4, -0.2) is 34.7 Å². The molecule has 1 aromatic heterocycles. The second-order valence-corrected chi connectivity index (χ2v) is 10.0. The van der Waals surface area contributed by atoms with Gasteiger partial charge in [-0.25, -0.2) is 4.39 Å². The van der Waals surface area contributed by atoms with Gasteiger partial charge in [0.25, 0.3) is 0 Å². The SMILES string of the molecule is CCCN(CC(=O)N(Cc1ccc(F)cc1)Cc1coc2ccccc2c1=O)C(=O)CC(C)(C)C. The Bertz CT molecular complexity index is 1230. The van der Waals surface area contributed by atoms with Crippen molar-refractivity contribution in [3.63, 3.8) is 0 Å². The van der Waals surface area contributed by atoms with Gasteiger partial charge in [-0.1, -0.05) is 52.0 Å². The number of hydrogen-bond acceptors (Lipinski definition) is 4. The molecule has 1 heterocycles. The highest BCUT2D eigenvalue weighted by atomic mass is 19.1. The molecular formula is C28H33FN2O4. The maximum Gasteiger partial charge on any atom is 0.242 e. The number of rotatable bonds is 9. The van der Waals surface area contributed by atoms with Gasteiger partial charge in [0, 0.05) is 19.5 Å². The summed E-state index contributed by atoms with van der Waals surface area (Å²) < 4.78 is 19.1. The smallest absolute Gasteiger partial charge is 0.242 e. The first kappa shape index (κ1) is 26.1. The lowest BCUT2D eigenvalue weighted by Crippen LogP contribution is -2.44. The predicted octanol–water partition coefficient (Wildman–Crippen LogP) is 5.14. The van der Waals surface area contributed by atoms with Gasteiger partial charge in [-0.2, -0.15) is 0 Å². The van der Waals surface area contributed by atoms with Crippen LogP contribution in [0.3, 0.4) is 0 Å². The van der Waals surface area contributed by atoms with Crippen LogP contribution >= 0.6 is 0 Å². The Balaban J connectivity index is 1.89. The van der Waals surface area contributed by atoms with E-state index in [0.29, 0.717) is 35.1 Å². The Hall–Kier alpha value is -3.48. The van der Waals surface area contributed by atoms with Crippen molar-refractivity contribution in [3.8, 4) is 0 Å². The first-order chi connectivity index (χ1) is 16.6. The van der Waals surface area contributed by atoms with E-state index in [-0.39, 0.29) is 48.1 Å². The van der Waals surface area contributed by atoms with E-state index in [0.717, 1.165) is 6.42 Å². The third kappa shape index (κ3) is 7.25. The van der Waals surface area contributed by atoms with Gasteiger partial charge in [-0.05, 0) is 41.7 Å². The minimum Gasteiger partial charge on any atom is -0.464 e. The Morgan fingerprint density at radius 1 is 0.943 bits per heavy atom. The lowest BCUT2D eigenvalue weighted by atomic mass is 9.91. The Labute approximate surface area is 205 Å². The van der Waals surface area contributed by atoms with Crippen molar-refractivity contribution < 1.29 is 18.4 Å². The fourth-order valence-corrected chi connectivity index (χ4v) is 3.87. The summed E-state index contributed by atoms with van der Waals surface area (Å²) in [5.74, 6) is -0.749. The van der Waals surface area contributed by atoms with E-state index in [1.807, 2.05) is 27.7 Å². The van der Waals surface area contributed by atoms with Gasteiger partial charge in [-0.3, -0.25) is 14.4 Å². The summed E-state index contributed by atoms with van der Waals surface area (Å²) in [7, 11) is 0. The molecule has 0 atom stereocenters. The molecule has 6 nitrogen and oxygen atoms in total. The number of benzene rings is 2. The maximum atomic E-state index is 13.5. The molecule has 3 aromatic rings. The number of para-hydroxylation sites is 1. The van der Waals surface area contributed by atoms with Crippen LogP contribution in [0.2, 0.25) is 0 Å². The van der Waals surface area contributed by atoms with Crippen LogP contribution in [0.15, 0.2) is 64.0 Å². The number of nitrogens with zero attached hydrogens (tertiary/aromatic N) is 2. The van der Waals surface area contributed by atoms with Crippen molar-refractivity contribution in [2.24, 2.45) is 5.41 Å². The van der Waals surface area contributed by atoms with Gasteiger partial charge in [0.2, 0.25) is 11.8 Å². The zero-order valence-electron chi connectivity index (χ0n) is 20.8. The molecule has 2 aromatic carbocycles. The zero-order chi connectivity index (χ0) is 25.6. The summed E-state index contributed by atoms with van der Waals surface area (Å²) in [6, 6.07) is 12.8. The number of amides is 2. The molecule has 0 bridgehead atoms. The lowest BCUT2D eigenvalue weighted by molar-refractivity contribution is -0.142. The van der Waals surface area contributed by atoms with Gasteiger partial charge in [0.1, 0.15) is 11.4 Å². The van der Waals surface area contributed by atoms with E-state index in [4.69, 9.17) is 4.42 Å². The molecule has 186 valence electrons. The normalized spacial score (nSPS) is 11.5. The van der Waals surface area contributed by atoms with Gasteiger partial charge in [-0.15, -0.1) is 0 Å². The molecule has 35 heavy (non-hydrogen) atoms. The number of hydrogen-bond donors (Lipinski definition) is 0. The molecule has 0 unspecified atom stereocenters. The second kappa shape index (κ2) is 11.3. The van der Waals surface area contributed by atoms with Crippen LogP contribution < -0.4 is 5.43 Å². The molecule has 3 rings (SSSR count). The van der Waals surface area contributed by atoms with Crippen molar-refractivity contribution in [3.05, 3.63) is 82.0 Å². The average Bonchev–Trinajstić information content (AvgIpc) is 2.80. The topological polar surface area (TPSA) is 70.8 Å². The van der Waals surface area contributed by atoms with Gasteiger partial charge < -0.3 is 14.2 Å². The molecule has 0 saturated carbocycles. The lowest BCUT2D eigenvalue weighted by Gasteiger charge is -2.29.